The van der Waals surface area contributed by atoms with Gasteiger partial charge in [-0.25, -0.2) is 4.79 Å². The van der Waals surface area contributed by atoms with Crippen molar-refractivity contribution in [2.45, 2.75) is 19.4 Å². The number of carbonyl (C=O) groups is 1. The van der Waals surface area contributed by atoms with Gasteiger partial charge in [0.2, 0.25) is 0 Å². The molecule has 0 aromatic carbocycles. The number of carbonyl (C=O) groups excluding carboxylic acids is 1. The van der Waals surface area contributed by atoms with Crippen molar-refractivity contribution in [1.82, 2.24) is 9.80 Å². The van der Waals surface area contributed by atoms with Gasteiger partial charge in [-0.3, -0.25) is 0 Å². The highest BCUT2D eigenvalue weighted by Crippen LogP contribution is 2.07. The summed E-state index contributed by atoms with van der Waals surface area (Å²) in [6.45, 7) is 5.29. The summed E-state index contributed by atoms with van der Waals surface area (Å²) in [7, 11) is 1.78. The molecule has 5 nitrogen and oxygen atoms in total. The smallest absolute Gasteiger partial charge is 0.319 e. The number of rotatable bonds is 2. The van der Waals surface area contributed by atoms with E-state index in [0.717, 1.165) is 19.6 Å². The SMILES string of the molecule is CC1CN(C(=O)N(C)CCN)CCCO1. The summed E-state index contributed by atoms with van der Waals surface area (Å²) in [5, 5.41) is 0. The van der Waals surface area contributed by atoms with Gasteiger partial charge in [0.25, 0.3) is 0 Å². The van der Waals surface area contributed by atoms with Gasteiger partial charge in [-0.1, -0.05) is 0 Å². The summed E-state index contributed by atoms with van der Waals surface area (Å²) in [6, 6.07) is 0.0535. The highest BCUT2D eigenvalue weighted by Gasteiger charge is 2.21. The molecule has 1 fully saturated rings. The fourth-order valence-electron chi connectivity index (χ4n) is 1.70. The second-order valence-corrected chi connectivity index (χ2v) is 3.97. The second kappa shape index (κ2) is 5.92. The highest BCUT2D eigenvalue weighted by atomic mass is 16.5. The molecule has 1 atom stereocenters. The van der Waals surface area contributed by atoms with Crippen molar-refractivity contribution in [3.8, 4) is 0 Å². The molecule has 15 heavy (non-hydrogen) atoms. The first-order valence-electron chi connectivity index (χ1n) is 5.47. The lowest BCUT2D eigenvalue weighted by molar-refractivity contribution is 0.0687. The minimum absolute atomic E-state index is 0.0535. The molecule has 2 N–H and O–H groups in total. The quantitative estimate of drug-likeness (QED) is 0.711. The van der Waals surface area contributed by atoms with Crippen LogP contribution in [0.4, 0.5) is 4.79 Å². The van der Waals surface area contributed by atoms with Crippen LogP contribution in [0.25, 0.3) is 0 Å². The fourth-order valence-corrected chi connectivity index (χ4v) is 1.70. The molecule has 0 aliphatic carbocycles. The Morgan fingerprint density at radius 1 is 1.67 bits per heavy atom. The molecule has 0 aromatic rings. The topological polar surface area (TPSA) is 58.8 Å². The average Bonchev–Trinajstić information content (AvgIpc) is 2.42. The molecule has 5 heteroatoms. The largest absolute Gasteiger partial charge is 0.377 e. The Labute approximate surface area is 91.2 Å². The third kappa shape index (κ3) is 3.68. The van der Waals surface area contributed by atoms with Crippen LogP contribution in [0, 0.1) is 0 Å². The zero-order valence-electron chi connectivity index (χ0n) is 9.61. The fraction of sp³-hybridized carbons (Fsp3) is 0.900. The molecule has 1 aliphatic heterocycles. The minimum Gasteiger partial charge on any atom is -0.377 e. The van der Waals surface area contributed by atoms with Crippen LogP contribution in [-0.4, -0.2) is 61.8 Å². The van der Waals surface area contributed by atoms with Crippen LogP contribution in [-0.2, 0) is 4.74 Å². The third-order valence-corrected chi connectivity index (χ3v) is 2.51. The molecule has 1 aliphatic rings. The van der Waals surface area contributed by atoms with Crippen LogP contribution in [0.15, 0.2) is 0 Å². The van der Waals surface area contributed by atoms with Gasteiger partial charge in [0, 0.05) is 39.8 Å². The maximum atomic E-state index is 11.9. The third-order valence-electron chi connectivity index (χ3n) is 2.51. The first-order valence-corrected chi connectivity index (χ1v) is 5.47. The Morgan fingerprint density at radius 3 is 3.07 bits per heavy atom. The lowest BCUT2D eigenvalue weighted by Gasteiger charge is -2.27. The summed E-state index contributed by atoms with van der Waals surface area (Å²) < 4.78 is 5.49. The van der Waals surface area contributed by atoms with Crippen molar-refractivity contribution in [1.29, 1.82) is 0 Å². The zero-order chi connectivity index (χ0) is 11.3. The van der Waals surface area contributed by atoms with Gasteiger partial charge in [0.15, 0.2) is 0 Å². The van der Waals surface area contributed by atoms with Gasteiger partial charge < -0.3 is 20.3 Å². The standard InChI is InChI=1S/C10H21N3O2/c1-9-8-13(5-3-7-15-9)10(14)12(2)6-4-11/h9H,3-8,11H2,1-2H3. The van der Waals surface area contributed by atoms with Crippen molar-refractivity contribution in [3.05, 3.63) is 0 Å². The Morgan fingerprint density at radius 2 is 2.40 bits per heavy atom. The summed E-state index contributed by atoms with van der Waals surface area (Å²) in [6.07, 6.45) is 1.04. The molecule has 1 unspecified atom stereocenters. The predicted octanol–water partition coefficient (Wildman–Crippen LogP) is 0.108. The van der Waals surface area contributed by atoms with E-state index in [9.17, 15) is 4.79 Å². The number of nitrogens with two attached hydrogens (primary N) is 1. The number of hydrogen-bond acceptors (Lipinski definition) is 3. The number of nitrogens with zero attached hydrogens (tertiary/aromatic N) is 2. The Balaban J connectivity index is 2.49. The van der Waals surface area contributed by atoms with E-state index in [1.807, 2.05) is 11.8 Å². The highest BCUT2D eigenvalue weighted by molar-refractivity contribution is 5.74. The lowest BCUT2D eigenvalue weighted by atomic mass is 10.3. The van der Waals surface area contributed by atoms with E-state index in [-0.39, 0.29) is 12.1 Å². The van der Waals surface area contributed by atoms with Gasteiger partial charge >= 0.3 is 6.03 Å². The van der Waals surface area contributed by atoms with Crippen molar-refractivity contribution in [3.63, 3.8) is 0 Å². The molecule has 0 radical (unpaired) electrons. The van der Waals surface area contributed by atoms with Gasteiger partial charge in [-0.05, 0) is 13.3 Å². The summed E-state index contributed by atoms with van der Waals surface area (Å²) in [5.41, 5.74) is 5.42. The molecule has 0 saturated carbocycles. The van der Waals surface area contributed by atoms with E-state index in [0.29, 0.717) is 19.6 Å². The first-order chi connectivity index (χ1) is 7.15. The van der Waals surface area contributed by atoms with Gasteiger partial charge in [-0.15, -0.1) is 0 Å². The minimum atomic E-state index is 0.0535. The number of likely N-dealkylation sites (N-methyl/N-ethyl adjacent to an activating group) is 1. The molecule has 1 rings (SSSR count). The van der Waals surface area contributed by atoms with Crippen molar-refractivity contribution < 1.29 is 9.53 Å². The van der Waals surface area contributed by atoms with Crippen molar-refractivity contribution in [2.24, 2.45) is 5.73 Å². The van der Waals surface area contributed by atoms with Crippen molar-refractivity contribution in [2.75, 3.05) is 39.8 Å². The van der Waals surface area contributed by atoms with E-state index < -0.39 is 0 Å². The molecule has 1 saturated heterocycles. The van der Waals surface area contributed by atoms with Gasteiger partial charge in [0.1, 0.15) is 0 Å². The average molecular weight is 215 g/mol. The summed E-state index contributed by atoms with van der Waals surface area (Å²) >= 11 is 0. The Hall–Kier alpha value is -0.810. The lowest BCUT2D eigenvalue weighted by Crippen LogP contribution is -2.45. The van der Waals surface area contributed by atoms with Crippen LogP contribution in [0.5, 0.6) is 0 Å². The van der Waals surface area contributed by atoms with E-state index in [2.05, 4.69) is 0 Å². The van der Waals surface area contributed by atoms with E-state index in [1.54, 1.807) is 11.9 Å². The van der Waals surface area contributed by atoms with Crippen LogP contribution >= 0.6 is 0 Å². The molecule has 1 heterocycles. The van der Waals surface area contributed by atoms with Crippen LogP contribution < -0.4 is 5.73 Å². The molecular formula is C10H21N3O2. The van der Waals surface area contributed by atoms with E-state index >= 15 is 0 Å². The van der Waals surface area contributed by atoms with Crippen LogP contribution in [0.1, 0.15) is 13.3 Å². The molecule has 0 aromatic heterocycles. The normalized spacial score (nSPS) is 22.3. The number of urea groups is 1. The molecule has 2 amide bonds. The van der Waals surface area contributed by atoms with Crippen LogP contribution in [0.3, 0.4) is 0 Å². The summed E-state index contributed by atoms with van der Waals surface area (Å²) in [4.78, 5) is 15.4. The van der Waals surface area contributed by atoms with E-state index in [4.69, 9.17) is 10.5 Å². The maximum Gasteiger partial charge on any atom is 0.319 e. The van der Waals surface area contributed by atoms with Gasteiger partial charge in [-0.2, -0.15) is 0 Å². The second-order valence-electron chi connectivity index (χ2n) is 3.97. The Bertz CT molecular complexity index is 211. The molecule has 0 bridgehead atoms. The summed E-state index contributed by atoms with van der Waals surface area (Å²) in [5.74, 6) is 0. The first kappa shape index (κ1) is 12.3. The van der Waals surface area contributed by atoms with Gasteiger partial charge in [0.05, 0.1) is 6.10 Å². The maximum absolute atomic E-state index is 11.9. The number of hydrogen-bond donors (Lipinski definition) is 1. The predicted molar refractivity (Wildman–Crippen MR) is 58.7 cm³/mol. The number of ether oxygens (including phenoxy) is 1. The molecule has 88 valence electrons. The molecule has 0 spiro atoms. The number of amides is 2. The van der Waals surface area contributed by atoms with Crippen molar-refractivity contribution >= 4 is 6.03 Å². The van der Waals surface area contributed by atoms with Crippen LogP contribution in [0.2, 0.25) is 0 Å². The van der Waals surface area contributed by atoms with E-state index in [1.165, 1.54) is 0 Å². The zero-order valence-corrected chi connectivity index (χ0v) is 9.61. The monoisotopic (exact) mass is 215 g/mol. The Kier molecular flexibility index (Phi) is 4.84. The molecular weight excluding hydrogens is 194 g/mol.